The summed E-state index contributed by atoms with van der Waals surface area (Å²) < 4.78 is 5.14. The van der Waals surface area contributed by atoms with Crippen LogP contribution in [0.5, 0.6) is 11.5 Å². The summed E-state index contributed by atoms with van der Waals surface area (Å²) in [5.74, 6) is -0.00102. The third-order valence-corrected chi connectivity index (χ3v) is 6.40. The number of para-hydroxylation sites is 3. The van der Waals surface area contributed by atoms with E-state index in [0.717, 1.165) is 11.0 Å². The molecule has 1 saturated heterocycles. The number of nitrogens with one attached hydrogen (secondary N) is 2. The van der Waals surface area contributed by atoms with E-state index >= 15 is 0 Å². The number of fused-ring (bicyclic) bond motifs is 1. The number of hydrogen-bond donors (Lipinski definition) is 3. The van der Waals surface area contributed by atoms with E-state index in [1.54, 1.807) is 18.2 Å². The Morgan fingerprint density at radius 2 is 2.21 bits per heavy atom. The molecule has 2 heterocycles. The van der Waals surface area contributed by atoms with Gasteiger partial charge in [-0.25, -0.2) is 9.99 Å². The number of H-pyrrole nitrogens is 1. The Kier molecular flexibility index (Phi) is 5.54. The molecule has 1 fully saturated rings. The lowest BCUT2D eigenvalue weighted by atomic mass is 10.1. The molecule has 29 heavy (non-hydrogen) atoms. The molecule has 2 amide bonds. The number of ether oxygens (including phenoxy) is 1. The number of hydrogen-bond acceptors (Lipinski definition) is 7. The number of carbonyl (C=O) groups excluding carboxylic acids is 2. The number of aromatic amines is 1. The number of aromatic hydroxyl groups is 1. The van der Waals surface area contributed by atoms with Gasteiger partial charge in [-0.2, -0.15) is 0 Å². The second-order valence-electron chi connectivity index (χ2n) is 6.21. The smallest absolute Gasteiger partial charge is 0.252 e. The van der Waals surface area contributed by atoms with Gasteiger partial charge >= 0.3 is 0 Å². The lowest BCUT2D eigenvalue weighted by Crippen LogP contribution is -2.45. The monoisotopic (exact) mass is 430 g/mol. The van der Waals surface area contributed by atoms with Gasteiger partial charge in [-0.3, -0.25) is 15.0 Å². The van der Waals surface area contributed by atoms with E-state index in [2.05, 4.69) is 15.4 Å². The highest BCUT2D eigenvalue weighted by molar-refractivity contribution is 8.00. The van der Waals surface area contributed by atoms with Gasteiger partial charge in [0.1, 0.15) is 5.37 Å². The molecule has 150 valence electrons. The highest BCUT2D eigenvalue weighted by Gasteiger charge is 2.36. The zero-order valence-corrected chi connectivity index (χ0v) is 17.0. The molecule has 1 atom stereocenters. The highest BCUT2D eigenvalue weighted by atomic mass is 32.2. The molecular weight excluding hydrogens is 412 g/mol. The van der Waals surface area contributed by atoms with Gasteiger partial charge in [0.15, 0.2) is 16.7 Å². The summed E-state index contributed by atoms with van der Waals surface area (Å²) in [7, 11) is 1.46. The lowest BCUT2D eigenvalue weighted by molar-refractivity contribution is -0.138. The fourth-order valence-electron chi connectivity index (χ4n) is 2.98. The fraction of sp³-hybridized carbons (Fsp3) is 0.211. The maximum absolute atomic E-state index is 12.5. The van der Waals surface area contributed by atoms with Gasteiger partial charge in [0.05, 0.1) is 29.6 Å². The van der Waals surface area contributed by atoms with Crippen molar-refractivity contribution in [3.8, 4) is 11.5 Å². The summed E-state index contributed by atoms with van der Waals surface area (Å²) in [5, 5.41) is 11.8. The molecule has 0 saturated carbocycles. The number of methoxy groups -OCH3 is 1. The number of imidazole rings is 1. The molecule has 1 aliphatic rings. The lowest BCUT2D eigenvalue weighted by Gasteiger charge is -2.25. The number of nitrogens with zero attached hydrogens (tertiary/aromatic N) is 2. The van der Waals surface area contributed by atoms with Crippen LogP contribution in [-0.4, -0.2) is 50.5 Å². The fourth-order valence-corrected chi connectivity index (χ4v) is 4.78. The van der Waals surface area contributed by atoms with E-state index in [-0.39, 0.29) is 29.1 Å². The molecule has 0 bridgehead atoms. The molecule has 0 aliphatic carbocycles. The van der Waals surface area contributed by atoms with Crippen LogP contribution < -0.4 is 10.2 Å². The van der Waals surface area contributed by atoms with E-state index in [9.17, 15) is 14.7 Å². The minimum atomic E-state index is -0.530. The van der Waals surface area contributed by atoms with Gasteiger partial charge in [-0.15, -0.1) is 11.8 Å². The number of amides is 2. The van der Waals surface area contributed by atoms with Crippen LogP contribution in [0.25, 0.3) is 11.0 Å². The van der Waals surface area contributed by atoms with Crippen molar-refractivity contribution in [2.45, 2.75) is 10.5 Å². The first kappa shape index (κ1) is 19.5. The molecule has 1 aliphatic heterocycles. The Labute approximate surface area is 175 Å². The van der Waals surface area contributed by atoms with Gasteiger partial charge in [0, 0.05) is 5.56 Å². The molecular formula is C19H18N4O4S2. The third kappa shape index (κ3) is 3.99. The van der Waals surface area contributed by atoms with Crippen LogP contribution in [0, 0.1) is 0 Å². The van der Waals surface area contributed by atoms with Crippen molar-refractivity contribution < 1.29 is 19.4 Å². The first-order chi connectivity index (χ1) is 14.1. The van der Waals surface area contributed by atoms with Crippen molar-refractivity contribution in [2.24, 2.45) is 0 Å². The number of thioether (sulfide) groups is 2. The van der Waals surface area contributed by atoms with Crippen molar-refractivity contribution in [3.63, 3.8) is 0 Å². The second kappa shape index (κ2) is 8.26. The summed E-state index contributed by atoms with van der Waals surface area (Å²) in [6.07, 6.45) is 0. The van der Waals surface area contributed by atoms with Gasteiger partial charge in [0.2, 0.25) is 5.91 Å². The summed E-state index contributed by atoms with van der Waals surface area (Å²) in [5.41, 5.74) is 4.89. The molecule has 3 aromatic rings. The van der Waals surface area contributed by atoms with Crippen LogP contribution in [0.1, 0.15) is 10.9 Å². The van der Waals surface area contributed by atoms with Crippen molar-refractivity contribution >= 4 is 46.4 Å². The predicted octanol–water partition coefficient (Wildman–Crippen LogP) is 2.67. The third-order valence-electron chi connectivity index (χ3n) is 4.34. The maximum atomic E-state index is 12.5. The maximum Gasteiger partial charge on any atom is 0.252 e. The first-order valence-corrected chi connectivity index (χ1v) is 10.8. The van der Waals surface area contributed by atoms with Gasteiger partial charge in [-0.05, 0) is 18.2 Å². The highest BCUT2D eigenvalue weighted by Crippen LogP contribution is 2.44. The number of aromatic nitrogens is 2. The zero-order valence-electron chi connectivity index (χ0n) is 15.4. The second-order valence-corrected chi connectivity index (χ2v) is 8.24. The van der Waals surface area contributed by atoms with Gasteiger partial charge in [0.25, 0.3) is 5.91 Å². The topological polar surface area (TPSA) is 108 Å². The average Bonchev–Trinajstić information content (AvgIpc) is 3.30. The number of rotatable bonds is 6. The van der Waals surface area contributed by atoms with Crippen LogP contribution in [0.4, 0.5) is 0 Å². The standard InChI is InChI=1S/C19H18N4O4S2/c1-27-14-8-4-5-11(17(14)26)18-23(16(25)10-28-18)22-15(24)9-29-19-20-12-6-2-3-7-13(12)21-19/h2-8,18,26H,9-10H2,1H3,(H,20,21)(H,22,24). The van der Waals surface area contributed by atoms with Crippen molar-refractivity contribution in [1.29, 1.82) is 0 Å². The Bertz CT molecular complexity index is 1040. The predicted molar refractivity (Wildman–Crippen MR) is 112 cm³/mol. The molecule has 1 unspecified atom stereocenters. The number of carbonyl (C=O) groups is 2. The summed E-state index contributed by atoms with van der Waals surface area (Å²) in [6.45, 7) is 0. The molecule has 0 radical (unpaired) electrons. The van der Waals surface area contributed by atoms with Crippen molar-refractivity contribution in [3.05, 3.63) is 48.0 Å². The largest absolute Gasteiger partial charge is 0.504 e. The van der Waals surface area contributed by atoms with Crippen molar-refractivity contribution in [1.82, 2.24) is 20.4 Å². The minimum Gasteiger partial charge on any atom is -0.504 e. The quantitative estimate of drug-likeness (QED) is 0.516. The summed E-state index contributed by atoms with van der Waals surface area (Å²) in [6, 6.07) is 12.7. The van der Waals surface area contributed by atoms with E-state index in [0.29, 0.717) is 16.5 Å². The number of benzene rings is 2. The molecule has 4 rings (SSSR count). The summed E-state index contributed by atoms with van der Waals surface area (Å²) in [4.78, 5) is 32.3. The van der Waals surface area contributed by atoms with E-state index in [4.69, 9.17) is 4.74 Å². The molecule has 3 N–H and O–H groups in total. The average molecular weight is 431 g/mol. The minimum absolute atomic E-state index is 0.0434. The molecule has 2 aromatic carbocycles. The molecule has 1 aromatic heterocycles. The SMILES string of the molecule is COc1cccc(C2SCC(=O)N2NC(=O)CSc2nc3ccccc3[nH]2)c1O. The van der Waals surface area contributed by atoms with Crippen LogP contribution in [0.2, 0.25) is 0 Å². The van der Waals surface area contributed by atoms with E-state index < -0.39 is 5.37 Å². The number of phenolic OH excluding ortho intramolecular Hbond substituents is 1. The van der Waals surface area contributed by atoms with Gasteiger partial charge < -0.3 is 14.8 Å². The molecule has 10 heteroatoms. The molecule has 0 spiro atoms. The van der Waals surface area contributed by atoms with Crippen LogP contribution >= 0.6 is 23.5 Å². The Morgan fingerprint density at radius 1 is 1.38 bits per heavy atom. The zero-order chi connectivity index (χ0) is 20.4. The van der Waals surface area contributed by atoms with Crippen molar-refractivity contribution in [2.75, 3.05) is 18.6 Å². The van der Waals surface area contributed by atoms with Gasteiger partial charge in [-0.1, -0.05) is 36.0 Å². The summed E-state index contributed by atoms with van der Waals surface area (Å²) >= 11 is 2.58. The Morgan fingerprint density at radius 3 is 3.00 bits per heavy atom. The van der Waals surface area contributed by atoms with E-state index in [1.165, 1.54) is 35.6 Å². The van der Waals surface area contributed by atoms with Crippen LogP contribution in [0.15, 0.2) is 47.6 Å². The van der Waals surface area contributed by atoms with Crippen LogP contribution in [-0.2, 0) is 9.59 Å². The Hall–Kier alpha value is -2.85. The number of phenols is 1. The van der Waals surface area contributed by atoms with E-state index in [1.807, 2.05) is 24.3 Å². The number of hydrazine groups is 1. The normalized spacial score (nSPS) is 16.4. The Balaban J connectivity index is 1.44. The first-order valence-electron chi connectivity index (χ1n) is 8.73. The molecule has 8 nitrogen and oxygen atoms in total. The van der Waals surface area contributed by atoms with Crippen LogP contribution in [0.3, 0.4) is 0 Å².